The lowest BCUT2D eigenvalue weighted by molar-refractivity contribution is -0.152. The van der Waals surface area contributed by atoms with E-state index in [9.17, 15) is 14.7 Å². The summed E-state index contributed by atoms with van der Waals surface area (Å²) >= 11 is 0. The number of piperazine rings is 2. The number of nitriles is 1. The highest BCUT2D eigenvalue weighted by Crippen LogP contribution is 2.20. The van der Waals surface area contributed by atoms with Crippen molar-refractivity contribution in [1.29, 1.82) is 10.7 Å². The molecule has 0 bridgehead atoms. The van der Waals surface area contributed by atoms with Crippen molar-refractivity contribution < 1.29 is 38.4 Å². The highest BCUT2D eigenvalue weighted by Gasteiger charge is 2.33. The number of hydrogen-bond donors (Lipinski definition) is 5. The van der Waals surface area contributed by atoms with Crippen LogP contribution in [0.15, 0.2) is 97.1 Å². The number of nitrogen functional groups attached to an aromatic ring is 1. The minimum atomic E-state index is -0.800. The van der Waals surface area contributed by atoms with E-state index in [2.05, 4.69) is 25.6 Å². The second kappa shape index (κ2) is 29.3. The standard InChI is InChI=1S/C27H32N4O4.C25H36N6O4/c1-3-33-27(32)26-21-30(14-4-18-34-25-12-8-23(29-2)9-13-25)16-17-31(26)15-5-19-35-24-10-6-22(20-28)7-11-24;26-23(27)18-3-7-20(8-4-18)34-15-1-11-30-13-14-31(22(17-30)25(32)33)12-2-16-35-21-9-5-19(6-10-21)24(28)29/h6-13,26H,3-5,14-19,21H2,1H3;3-10,22,24H,1-2,11-17,28-29H2,(H3,26,27)(H,32,33). The van der Waals surface area contributed by atoms with Crippen LogP contribution >= 0.6 is 0 Å². The van der Waals surface area contributed by atoms with Gasteiger partial charge in [-0.2, -0.15) is 5.26 Å². The average Bonchev–Trinajstić information content (AvgIpc) is 3.38. The molecule has 0 amide bonds. The molecule has 70 heavy (non-hydrogen) atoms. The first-order valence-electron chi connectivity index (χ1n) is 23.8. The first-order chi connectivity index (χ1) is 34.0. The Bertz CT molecular complexity index is 2290. The molecule has 374 valence electrons. The van der Waals surface area contributed by atoms with Gasteiger partial charge in [-0.05, 0) is 111 Å². The number of carboxylic acids is 1. The highest BCUT2D eigenvalue weighted by molar-refractivity contribution is 5.95. The number of nitrogens with zero attached hydrogens (tertiary/aromatic N) is 6. The van der Waals surface area contributed by atoms with Crippen LogP contribution in [-0.2, 0) is 14.3 Å². The minimum Gasteiger partial charge on any atom is -0.494 e. The van der Waals surface area contributed by atoms with Crippen LogP contribution in [0.3, 0.4) is 0 Å². The van der Waals surface area contributed by atoms with Crippen molar-refractivity contribution in [3.63, 3.8) is 0 Å². The Morgan fingerprint density at radius 1 is 0.700 bits per heavy atom. The van der Waals surface area contributed by atoms with E-state index in [1.54, 1.807) is 60.7 Å². The maximum Gasteiger partial charge on any atom is 0.324 e. The second-order valence-corrected chi connectivity index (χ2v) is 16.9. The quantitative estimate of drug-likeness (QED) is 0.0145. The molecule has 2 aliphatic rings. The van der Waals surface area contributed by atoms with Gasteiger partial charge in [0, 0.05) is 71.0 Å². The molecule has 0 aromatic heterocycles. The van der Waals surface area contributed by atoms with Gasteiger partial charge in [-0.3, -0.25) is 34.6 Å². The van der Waals surface area contributed by atoms with Crippen LogP contribution in [0.5, 0.6) is 23.0 Å². The van der Waals surface area contributed by atoms with Crippen molar-refractivity contribution >= 4 is 23.5 Å². The molecular formula is C52H68N10O8. The van der Waals surface area contributed by atoms with Gasteiger partial charge in [0.15, 0.2) is 5.69 Å². The van der Waals surface area contributed by atoms with E-state index in [0.717, 1.165) is 93.5 Å². The van der Waals surface area contributed by atoms with Crippen LogP contribution in [-0.4, -0.2) is 153 Å². The fourth-order valence-electron chi connectivity index (χ4n) is 8.02. The molecule has 2 unspecified atom stereocenters. The Kier molecular flexibility index (Phi) is 22.7. The molecule has 6 rings (SSSR count). The van der Waals surface area contributed by atoms with Gasteiger partial charge in [0.25, 0.3) is 0 Å². The van der Waals surface area contributed by atoms with Crippen molar-refractivity contribution in [2.45, 2.75) is 50.9 Å². The van der Waals surface area contributed by atoms with Crippen molar-refractivity contribution in [2.24, 2.45) is 17.2 Å². The Labute approximate surface area is 411 Å². The lowest BCUT2D eigenvalue weighted by Crippen LogP contribution is -2.57. The number of nitrogens with two attached hydrogens (primary N) is 3. The summed E-state index contributed by atoms with van der Waals surface area (Å²) in [6, 6.07) is 29.9. The van der Waals surface area contributed by atoms with Crippen molar-refractivity contribution in [2.75, 3.05) is 98.5 Å². The number of amidine groups is 1. The predicted molar refractivity (Wildman–Crippen MR) is 267 cm³/mol. The molecule has 2 atom stereocenters. The van der Waals surface area contributed by atoms with Crippen molar-refractivity contribution in [3.05, 3.63) is 125 Å². The summed E-state index contributed by atoms with van der Waals surface area (Å²) in [7, 11) is 0. The largest absolute Gasteiger partial charge is 0.494 e. The Morgan fingerprint density at radius 3 is 1.56 bits per heavy atom. The molecule has 2 heterocycles. The molecule has 8 N–H and O–H groups in total. The lowest BCUT2D eigenvalue weighted by Gasteiger charge is -2.40. The number of carbonyl (C=O) groups excluding carboxylic acids is 1. The molecule has 2 aliphatic heterocycles. The molecule has 4 aromatic rings. The van der Waals surface area contributed by atoms with Crippen LogP contribution in [0.1, 0.15) is 55.5 Å². The molecule has 0 radical (unpaired) electrons. The van der Waals surface area contributed by atoms with Crippen LogP contribution < -0.4 is 36.1 Å². The van der Waals surface area contributed by atoms with Gasteiger partial charge in [-0.1, -0.05) is 24.3 Å². The number of rotatable bonds is 25. The zero-order valence-electron chi connectivity index (χ0n) is 40.1. The number of carbonyl (C=O) groups is 2. The molecule has 0 saturated carbocycles. The van der Waals surface area contributed by atoms with E-state index < -0.39 is 18.2 Å². The van der Waals surface area contributed by atoms with E-state index in [0.29, 0.717) is 76.0 Å². The number of benzene rings is 4. The summed E-state index contributed by atoms with van der Waals surface area (Å²) in [5.41, 5.74) is 19.5. The van der Waals surface area contributed by atoms with Crippen molar-refractivity contribution in [1.82, 2.24) is 19.6 Å². The van der Waals surface area contributed by atoms with E-state index in [1.165, 1.54) is 0 Å². The monoisotopic (exact) mass is 961 g/mol. The third-order valence-corrected chi connectivity index (χ3v) is 11.9. The fraction of sp³-hybridized carbons (Fsp3) is 0.442. The van der Waals surface area contributed by atoms with Gasteiger partial charge >= 0.3 is 11.9 Å². The topological polar surface area (TPSA) is 244 Å². The van der Waals surface area contributed by atoms with Gasteiger partial charge in [0.05, 0.1) is 57.4 Å². The smallest absolute Gasteiger partial charge is 0.324 e. The van der Waals surface area contributed by atoms with Crippen molar-refractivity contribution in [3.8, 4) is 29.1 Å². The molecule has 2 saturated heterocycles. The highest BCUT2D eigenvalue weighted by atomic mass is 16.5. The zero-order valence-corrected chi connectivity index (χ0v) is 40.1. The zero-order chi connectivity index (χ0) is 50.1. The first kappa shape index (κ1) is 54.2. The molecule has 18 nitrogen and oxygen atoms in total. The van der Waals surface area contributed by atoms with E-state index in [1.807, 2.05) is 48.2 Å². The van der Waals surface area contributed by atoms with Gasteiger partial charge in [0.2, 0.25) is 0 Å². The predicted octanol–water partition coefficient (Wildman–Crippen LogP) is 5.09. The minimum absolute atomic E-state index is 0.0273. The summed E-state index contributed by atoms with van der Waals surface area (Å²) in [5.74, 6) is 2.01. The van der Waals surface area contributed by atoms with Crippen LogP contribution in [0, 0.1) is 23.3 Å². The maximum atomic E-state index is 12.6. The summed E-state index contributed by atoms with van der Waals surface area (Å²) in [6.45, 7) is 18.7. The molecule has 0 aliphatic carbocycles. The van der Waals surface area contributed by atoms with Gasteiger partial charge < -0.3 is 46.0 Å². The number of nitrogens with one attached hydrogen (secondary N) is 1. The van der Waals surface area contributed by atoms with Gasteiger partial charge in [0.1, 0.15) is 40.9 Å². The third kappa shape index (κ3) is 18.3. The average molecular weight is 961 g/mol. The summed E-state index contributed by atoms with van der Waals surface area (Å²) in [6.07, 6.45) is 2.66. The van der Waals surface area contributed by atoms with Crippen LogP contribution in [0.4, 0.5) is 5.69 Å². The second-order valence-electron chi connectivity index (χ2n) is 16.9. The molecule has 0 spiro atoms. The molecule has 2 fully saturated rings. The third-order valence-electron chi connectivity index (χ3n) is 11.9. The SMILES string of the molecule is N=C(N)c1ccc(OCCCN2CCN(CCCOc3ccc(C(N)N)cc3)C(C(=O)O)C2)cc1.[C-]#[N+]c1ccc(OCCCN2CCN(CCCOc3ccc(C#N)cc3)C(C(=O)OCC)C2)cc1. The number of hydrogen-bond acceptors (Lipinski definition) is 15. The Hall–Kier alpha value is -6.77. The maximum absolute atomic E-state index is 12.6. The summed E-state index contributed by atoms with van der Waals surface area (Å²) < 4.78 is 28.4. The fourth-order valence-corrected chi connectivity index (χ4v) is 8.02. The number of carboxylic acid groups (broad SMARTS) is 1. The van der Waals surface area contributed by atoms with E-state index in [4.69, 9.17) is 58.1 Å². The van der Waals surface area contributed by atoms with Crippen LogP contribution in [0.2, 0.25) is 0 Å². The number of ether oxygens (including phenoxy) is 5. The lowest BCUT2D eigenvalue weighted by atomic mass is 10.1. The van der Waals surface area contributed by atoms with Crippen LogP contribution in [0.25, 0.3) is 4.85 Å². The first-order valence-corrected chi connectivity index (χ1v) is 23.8. The summed E-state index contributed by atoms with van der Waals surface area (Å²) in [4.78, 5) is 36.6. The molecule has 4 aromatic carbocycles. The van der Waals surface area contributed by atoms with E-state index in [-0.39, 0.29) is 17.8 Å². The number of aliphatic carboxylic acids is 1. The van der Waals surface area contributed by atoms with E-state index >= 15 is 0 Å². The Morgan fingerprint density at radius 2 is 1.13 bits per heavy atom. The Balaban J connectivity index is 0.000000261. The molecule has 18 heteroatoms. The van der Waals surface area contributed by atoms with Gasteiger partial charge in [-0.15, -0.1) is 0 Å². The van der Waals surface area contributed by atoms with Gasteiger partial charge in [-0.25, -0.2) is 4.85 Å². The normalized spacial score (nSPS) is 16.5. The number of esters is 1. The summed E-state index contributed by atoms with van der Waals surface area (Å²) in [5, 5.41) is 26.1. The molecular weight excluding hydrogens is 893 g/mol.